The summed E-state index contributed by atoms with van der Waals surface area (Å²) in [7, 11) is 0. The van der Waals surface area contributed by atoms with Crippen molar-refractivity contribution in [3.63, 3.8) is 0 Å². The number of hydrogen-bond acceptors (Lipinski definition) is 6. The predicted octanol–water partition coefficient (Wildman–Crippen LogP) is -0.371. The van der Waals surface area contributed by atoms with Crippen LogP contribution in [0.25, 0.3) is 0 Å². The van der Waals surface area contributed by atoms with Crippen LogP contribution in [0.3, 0.4) is 0 Å². The van der Waals surface area contributed by atoms with Gasteiger partial charge < -0.3 is 9.47 Å². The quantitative estimate of drug-likeness (QED) is 0.335. The van der Waals surface area contributed by atoms with Crippen LogP contribution in [0.2, 0.25) is 0 Å². The Morgan fingerprint density at radius 2 is 1.62 bits per heavy atom. The van der Waals surface area contributed by atoms with E-state index in [-0.39, 0.29) is 0 Å². The van der Waals surface area contributed by atoms with Crippen molar-refractivity contribution in [3.8, 4) is 0 Å². The van der Waals surface area contributed by atoms with Crippen LogP contribution in [0.4, 0.5) is 0 Å². The highest BCUT2D eigenvalue weighted by Gasteiger charge is 2.59. The molecule has 13 heavy (non-hydrogen) atoms. The Morgan fingerprint density at radius 3 is 1.92 bits per heavy atom. The zero-order valence-electron chi connectivity index (χ0n) is 6.84. The third kappa shape index (κ3) is 1.58. The van der Waals surface area contributed by atoms with Crippen LogP contribution in [0, 0.1) is 20.2 Å². The summed E-state index contributed by atoms with van der Waals surface area (Å²) in [5.74, 6) is 0. The average molecular weight is 192 g/mol. The fraction of sp³-hybridized carbons (Fsp3) is 1.00. The number of rotatable bonds is 2. The first-order valence-electron chi connectivity index (χ1n) is 3.51. The minimum Gasteiger partial charge on any atom is -0.337 e. The number of nitrogens with zero attached hydrogens (tertiary/aromatic N) is 2. The highest BCUT2D eigenvalue weighted by Crippen LogP contribution is 2.19. The van der Waals surface area contributed by atoms with E-state index in [1.165, 1.54) is 6.92 Å². The monoisotopic (exact) mass is 192 g/mol. The molecule has 0 aromatic heterocycles. The van der Waals surface area contributed by atoms with Crippen molar-refractivity contribution < 1.29 is 19.3 Å². The normalized spacial score (nSPS) is 22.5. The third-order valence-electron chi connectivity index (χ3n) is 1.78. The molecule has 1 saturated heterocycles. The van der Waals surface area contributed by atoms with Gasteiger partial charge in [-0.2, -0.15) is 0 Å². The molecular weight excluding hydrogens is 184 g/mol. The maximum atomic E-state index is 10.4. The molecule has 0 aliphatic carbocycles. The fourth-order valence-electron chi connectivity index (χ4n) is 0.869. The molecule has 0 unspecified atom stereocenters. The molecule has 8 heteroatoms. The van der Waals surface area contributed by atoms with E-state index in [0.29, 0.717) is 0 Å². The first-order valence-corrected chi connectivity index (χ1v) is 3.51. The van der Waals surface area contributed by atoms with Gasteiger partial charge in [-0.25, -0.2) is 0 Å². The second kappa shape index (κ2) is 3.23. The van der Waals surface area contributed by atoms with Gasteiger partial charge in [0.05, 0.1) is 0 Å². The van der Waals surface area contributed by atoms with Gasteiger partial charge in [0.15, 0.2) is 19.5 Å². The Morgan fingerprint density at radius 1 is 1.23 bits per heavy atom. The van der Waals surface area contributed by atoms with Crippen LogP contribution in [-0.2, 0) is 9.47 Å². The standard InChI is InChI=1S/C5H8N2O6/c1-4-12-2-5(3-13-4,6(8)9)7(10)11/h4H,2-3H2,1H3. The van der Waals surface area contributed by atoms with E-state index >= 15 is 0 Å². The zero-order valence-corrected chi connectivity index (χ0v) is 6.84. The molecule has 0 aromatic rings. The van der Waals surface area contributed by atoms with Crippen molar-refractivity contribution in [1.29, 1.82) is 0 Å². The molecule has 0 radical (unpaired) electrons. The van der Waals surface area contributed by atoms with Crippen LogP contribution in [0.1, 0.15) is 6.92 Å². The lowest BCUT2D eigenvalue weighted by Gasteiger charge is -2.25. The summed E-state index contributed by atoms with van der Waals surface area (Å²) in [5, 5.41) is 20.9. The second-order valence-corrected chi connectivity index (χ2v) is 2.69. The number of nitro groups is 2. The van der Waals surface area contributed by atoms with E-state index in [2.05, 4.69) is 0 Å². The fourth-order valence-corrected chi connectivity index (χ4v) is 0.869. The van der Waals surface area contributed by atoms with Gasteiger partial charge in [0.1, 0.15) is 9.85 Å². The minimum absolute atomic E-state index is 0.561. The molecule has 0 atom stereocenters. The Hall–Kier alpha value is -1.28. The van der Waals surface area contributed by atoms with E-state index in [1.54, 1.807) is 0 Å². The van der Waals surface area contributed by atoms with Gasteiger partial charge in [-0.1, -0.05) is 0 Å². The molecule has 1 rings (SSSR count). The van der Waals surface area contributed by atoms with Crippen LogP contribution < -0.4 is 0 Å². The molecule has 74 valence electrons. The molecule has 0 spiro atoms. The van der Waals surface area contributed by atoms with Crippen molar-refractivity contribution in [2.45, 2.75) is 18.9 Å². The van der Waals surface area contributed by atoms with Crippen LogP contribution in [0.15, 0.2) is 0 Å². The van der Waals surface area contributed by atoms with Gasteiger partial charge in [-0.05, 0) is 6.92 Å². The Bertz CT molecular complexity index is 217. The molecule has 1 heterocycles. The molecule has 0 saturated carbocycles. The maximum Gasteiger partial charge on any atom is 0.503 e. The minimum atomic E-state index is -2.34. The Kier molecular flexibility index (Phi) is 2.43. The van der Waals surface area contributed by atoms with E-state index in [9.17, 15) is 20.2 Å². The Labute approximate surface area is 72.7 Å². The SMILES string of the molecule is CC1OCC([N+](=O)[O-])([N+](=O)[O-])CO1. The van der Waals surface area contributed by atoms with Gasteiger partial charge in [0.25, 0.3) is 0 Å². The van der Waals surface area contributed by atoms with Gasteiger partial charge in [0.2, 0.25) is 0 Å². The lowest BCUT2D eigenvalue weighted by molar-refractivity contribution is -0.807. The topological polar surface area (TPSA) is 105 Å². The van der Waals surface area contributed by atoms with Gasteiger partial charge >= 0.3 is 5.66 Å². The highest BCUT2D eigenvalue weighted by molar-refractivity contribution is 4.69. The smallest absolute Gasteiger partial charge is 0.337 e. The maximum absolute atomic E-state index is 10.4. The van der Waals surface area contributed by atoms with Crippen LogP contribution >= 0.6 is 0 Å². The zero-order chi connectivity index (χ0) is 10.1. The first-order chi connectivity index (χ1) is 5.99. The number of hydrogen-bond donors (Lipinski definition) is 0. The third-order valence-corrected chi connectivity index (χ3v) is 1.78. The van der Waals surface area contributed by atoms with Gasteiger partial charge in [-0.15, -0.1) is 0 Å². The van der Waals surface area contributed by atoms with Crippen molar-refractivity contribution in [1.82, 2.24) is 0 Å². The van der Waals surface area contributed by atoms with Crippen LogP contribution in [-0.4, -0.2) is 35.0 Å². The highest BCUT2D eigenvalue weighted by atomic mass is 16.7. The number of ether oxygens (including phenoxy) is 2. The van der Waals surface area contributed by atoms with Crippen molar-refractivity contribution in [3.05, 3.63) is 20.2 Å². The molecule has 0 aromatic carbocycles. The van der Waals surface area contributed by atoms with E-state index in [0.717, 1.165) is 0 Å². The van der Waals surface area contributed by atoms with Crippen molar-refractivity contribution >= 4 is 0 Å². The first kappa shape index (κ1) is 9.81. The van der Waals surface area contributed by atoms with Crippen molar-refractivity contribution in [2.75, 3.05) is 13.2 Å². The lowest BCUT2D eigenvalue weighted by atomic mass is 10.2. The summed E-state index contributed by atoms with van der Waals surface area (Å²) in [6.07, 6.45) is -0.631. The Balaban J connectivity index is 2.82. The molecule has 0 amide bonds. The van der Waals surface area contributed by atoms with Gasteiger partial charge in [0, 0.05) is 0 Å². The summed E-state index contributed by atoms with van der Waals surface area (Å²) < 4.78 is 9.42. The average Bonchev–Trinajstić information content (AvgIpc) is 2.04. The lowest BCUT2D eigenvalue weighted by Crippen LogP contribution is -2.58. The van der Waals surface area contributed by atoms with Crippen LogP contribution in [0.5, 0.6) is 0 Å². The summed E-state index contributed by atoms with van der Waals surface area (Å²) in [6, 6.07) is 0. The van der Waals surface area contributed by atoms with Gasteiger partial charge in [-0.3, -0.25) is 20.2 Å². The van der Waals surface area contributed by atoms with Crippen molar-refractivity contribution in [2.24, 2.45) is 0 Å². The summed E-state index contributed by atoms with van der Waals surface area (Å²) in [4.78, 5) is 18.9. The molecule has 0 bridgehead atoms. The molecular formula is C5H8N2O6. The molecule has 1 aliphatic heterocycles. The molecule has 1 aliphatic rings. The largest absolute Gasteiger partial charge is 0.503 e. The second-order valence-electron chi connectivity index (χ2n) is 2.69. The summed E-state index contributed by atoms with van der Waals surface area (Å²) >= 11 is 0. The molecule has 1 fully saturated rings. The molecule has 8 nitrogen and oxygen atoms in total. The van der Waals surface area contributed by atoms with E-state index in [4.69, 9.17) is 9.47 Å². The predicted molar refractivity (Wildman–Crippen MR) is 38.1 cm³/mol. The molecule has 0 N–H and O–H groups in total. The summed E-state index contributed by atoms with van der Waals surface area (Å²) in [6.45, 7) is 0.395. The van der Waals surface area contributed by atoms with E-state index in [1.807, 2.05) is 0 Å². The summed E-state index contributed by atoms with van der Waals surface area (Å²) in [5.41, 5.74) is -2.34. The van der Waals surface area contributed by atoms with E-state index < -0.39 is 35.0 Å².